The summed E-state index contributed by atoms with van der Waals surface area (Å²) in [6, 6.07) is 7.23. The third kappa shape index (κ3) is 4.92. The van der Waals surface area contributed by atoms with Gasteiger partial charge in [-0.3, -0.25) is 0 Å². The molecular formula is C19H29F. The molecule has 0 spiro atoms. The maximum Gasteiger partial charge on any atom is 0.123 e. The van der Waals surface area contributed by atoms with Gasteiger partial charge in [-0.2, -0.15) is 0 Å². The second-order valence-corrected chi connectivity index (χ2v) is 6.48. The van der Waals surface area contributed by atoms with E-state index in [0.717, 1.165) is 5.92 Å². The lowest BCUT2D eigenvalue weighted by molar-refractivity contribution is 0.301. The lowest BCUT2D eigenvalue weighted by atomic mass is 9.77. The molecule has 112 valence electrons. The van der Waals surface area contributed by atoms with Gasteiger partial charge in [0.25, 0.3) is 0 Å². The lowest BCUT2D eigenvalue weighted by Gasteiger charge is -2.28. The molecule has 0 atom stereocenters. The van der Waals surface area contributed by atoms with Gasteiger partial charge in [0.05, 0.1) is 0 Å². The maximum atomic E-state index is 13.3. The van der Waals surface area contributed by atoms with Crippen LogP contribution in [0.5, 0.6) is 0 Å². The fourth-order valence-corrected chi connectivity index (χ4v) is 3.58. The smallest absolute Gasteiger partial charge is 0.123 e. The summed E-state index contributed by atoms with van der Waals surface area (Å²) in [5, 5.41) is 0. The zero-order chi connectivity index (χ0) is 14.2. The van der Waals surface area contributed by atoms with Gasteiger partial charge in [0.1, 0.15) is 5.82 Å². The Hall–Kier alpha value is -0.850. The van der Waals surface area contributed by atoms with Crippen molar-refractivity contribution >= 4 is 0 Å². The van der Waals surface area contributed by atoms with Crippen molar-refractivity contribution in [2.45, 2.75) is 77.0 Å². The first kappa shape index (κ1) is 15.5. The van der Waals surface area contributed by atoms with Crippen LogP contribution in [0.3, 0.4) is 0 Å². The summed E-state index contributed by atoms with van der Waals surface area (Å²) >= 11 is 0. The lowest BCUT2D eigenvalue weighted by Crippen LogP contribution is -2.13. The van der Waals surface area contributed by atoms with Gasteiger partial charge in [-0.1, -0.05) is 57.6 Å². The molecule has 0 saturated heterocycles. The minimum Gasteiger partial charge on any atom is -0.207 e. The monoisotopic (exact) mass is 276 g/mol. The minimum absolute atomic E-state index is 0.0828. The average Bonchev–Trinajstić information content (AvgIpc) is 2.48. The summed E-state index contributed by atoms with van der Waals surface area (Å²) in [6.45, 7) is 2.27. The van der Waals surface area contributed by atoms with Crippen LogP contribution in [0, 0.1) is 11.7 Å². The van der Waals surface area contributed by atoms with Crippen LogP contribution in [0.4, 0.5) is 4.39 Å². The molecule has 1 aromatic rings. The molecule has 0 aromatic heterocycles. The van der Waals surface area contributed by atoms with Crippen molar-refractivity contribution in [3.63, 3.8) is 0 Å². The van der Waals surface area contributed by atoms with Crippen molar-refractivity contribution in [1.82, 2.24) is 0 Å². The van der Waals surface area contributed by atoms with Gasteiger partial charge in [0, 0.05) is 0 Å². The molecule has 20 heavy (non-hydrogen) atoms. The molecule has 1 heteroatoms. The predicted octanol–water partition coefficient (Wildman–Crippen LogP) is 6.46. The Morgan fingerprint density at radius 2 is 1.75 bits per heavy atom. The Balaban J connectivity index is 1.67. The molecule has 0 heterocycles. The summed E-state index contributed by atoms with van der Waals surface area (Å²) < 4.78 is 13.3. The molecule has 1 saturated carbocycles. The van der Waals surface area contributed by atoms with Crippen LogP contribution in [0.25, 0.3) is 0 Å². The van der Waals surface area contributed by atoms with Crippen LogP contribution in [0.2, 0.25) is 0 Å². The molecule has 0 radical (unpaired) electrons. The number of hydrogen-bond acceptors (Lipinski definition) is 0. The van der Waals surface area contributed by atoms with E-state index in [-0.39, 0.29) is 5.82 Å². The van der Waals surface area contributed by atoms with E-state index in [2.05, 4.69) is 13.0 Å². The van der Waals surface area contributed by atoms with Crippen molar-refractivity contribution in [3.8, 4) is 0 Å². The summed E-state index contributed by atoms with van der Waals surface area (Å²) in [5.74, 6) is 1.45. The highest BCUT2D eigenvalue weighted by atomic mass is 19.1. The van der Waals surface area contributed by atoms with Crippen LogP contribution in [-0.4, -0.2) is 0 Å². The van der Waals surface area contributed by atoms with Gasteiger partial charge < -0.3 is 0 Å². The van der Waals surface area contributed by atoms with E-state index in [0.29, 0.717) is 5.92 Å². The van der Waals surface area contributed by atoms with Crippen LogP contribution in [-0.2, 0) is 0 Å². The number of hydrogen-bond donors (Lipinski definition) is 0. The fourth-order valence-electron chi connectivity index (χ4n) is 3.58. The highest BCUT2D eigenvalue weighted by molar-refractivity contribution is 5.21. The number of halogens is 1. The molecule has 0 bridgehead atoms. The van der Waals surface area contributed by atoms with E-state index in [1.807, 2.05) is 6.07 Å². The zero-order valence-corrected chi connectivity index (χ0v) is 12.9. The second kappa shape index (κ2) is 8.44. The van der Waals surface area contributed by atoms with Gasteiger partial charge in [0.15, 0.2) is 0 Å². The van der Waals surface area contributed by atoms with Crippen molar-refractivity contribution < 1.29 is 4.39 Å². The molecule has 0 nitrogen and oxygen atoms in total. The highest BCUT2D eigenvalue weighted by Gasteiger charge is 2.22. The van der Waals surface area contributed by atoms with Gasteiger partial charge >= 0.3 is 0 Å². The van der Waals surface area contributed by atoms with E-state index < -0.39 is 0 Å². The number of benzene rings is 1. The van der Waals surface area contributed by atoms with Gasteiger partial charge in [-0.25, -0.2) is 4.39 Å². The minimum atomic E-state index is -0.0828. The Morgan fingerprint density at radius 3 is 2.45 bits per heavy atom. The molecule has 0 amide bonds. The molecule has 0 aliphatic heterocycles. The molecule has 1 aliphatic rings. The molecule has 1 aromatic carbocycles. The topological polar surface area (TPSA) is 0 Å². The third-order valence-electron chi connectivity index (χ3n) is 4.88. The quantitative estimate of drug-likeness (QED) is 0.501. The standard InChI is InChI=1S/C19H29F/c1-2-3-4-5-6-8-16-11-13-17(14-12-16)18-9-7-10-19(20)15-18/h7,9-10,15-17H,2-6,8,11-14H2,1H3. The van der Waals surface area contributed by atoms with Crippen LogP contribution in [0.15, 0.2) is 24.3 Å². The second-order valence-electron chi connectivity index (χ2n) is 6.48. The first-order valence-corrected chi connectivity index (χ1v) is 8.55. The predicted molar refractivity (Wildman–Crippen MR) is 84.5 cm³/mol. The first-order valence-electron chi connectivity index (χ1n) is 8.55. The normalized spacial score (nSPS) is 22.9. The Kier molecular flexibility index (Phi) is 6.56. The zero-order valence-electron chi connectivity index (χ0n) is 12.9. The Morgan fingerprint density at radius 1 is 1.00 bits per heavy atom. The van der Waals surface area contributed by atoms with E-state index in [4.69, 9.17) is 0 Å². The van der Waals surface area contributed by atoms with Gasteiger partial charge in [-0.05, 0) is 55.2 Å². The molecule has 1 aliphatic carbocycles. The summed E-state index contributed by atoms with van der Waals surface area (Å²) in [6.07, 6.45) is 13.6. The molecule has 2 rings (SSSR count). The van der Waals surface area contributed by atoms with E-state index in [1.165, 1.54) is 69.8 Å². The molecular weight excluding hydrogens is 247 g/mol. The van der Waals surface area contributed by atoms with E-state index >= 15 is 0 Å². The Labute approximate surface area is 123 Å². The Bertz CT molecular complexity index is 377. The summed E-state index contributed by atoms with van der Waals surface area (Å²) in [5.41, 5.74) is 1.21. The molecule has 1 fully saturated rings. The molecule has 0 unspecified atom stereocenters. The van der Waals surface area contributed by atoms with E-state index in [9.17, 15) is 4.39 Å². The number of unbranched alkanes of at least 4 members (excludes halogenated alkanes) is 4. The first-order chi connectivity index (χ1) is 9.79. The van der Waals surface area contributed by atoms with Crippen molar-refractivity contribution in [3.05, 3.63) is 35.6 Å². The molecule has 0 N–H and O–H groups in total. The van der Waals surface area contributed by atoms with Crippen molar-refractivity contribution in [1.29, 1.82) is 0 Å². The summed E-state index contributed by atoms with van der Waals surface area (Å²) in [7, 11) is 0. The van der Waals surface area contributed by atoms with Crippen molar-refractivity contribution in [2.24, 2.45) is 5.92 Å². The van der Waals surface area contributed by atoms with Gasteiger partial charge in [0.2, 0.25) is 0 Å². The third-order valence-corrected chi connectivity index (χ3v) is 4.88. The van der Waals surface area contributed by atoms with E-state index in [1.54, 1.807) is 12.1 Å². The SMILES string of the molecule is CCCCCCCC1CCC(c2cccc(F)c2)CC1. The van der Waals surface area contributed by atoms with Crippen LogP contribution in [0.1, 0.15) is 82.6 Å². The van der Waals surface area contributed by atoms with Crippen molar-refractivity contribution in [2.75, 3.05) is 0 Å². The average molecular weight is 276 g/mol. The maximum absolute atomic E-state index is 13.3. The highest BCUT2D eigenvalue weighted by Crippen LogP contribution is 2.37. The fraction of sp³-hybridized carbons (Fsp3) is 0.684. The van der Waals surface area contributed by atoms with Crippen LogP contribution < -0.4 is 0 Å². The number of rotatable bonds is 7. The largest absolute Gasteiger partial charge is 0.207 e. The van der Waals surface area contributed by atoms with Gasteiger partial charge in [-0.15, -0.1) is 0 Å². The van der Waals surface area contributed by atoms with Crippen LogP contribution >= 0.6 is 0 Å². The summed E-state index contributed by atoms with van der Waals surface area (Å²) in [4.78, 5) is 0.